The number of thiophene rings is 1. The molecule has 0 bridgehead atoms. The lowest BCUT2D eigenvalue weighted by atomic mass is 9.91. The van der Waals surface area contributed by atoms with Gasteiger partial charge in [0.15, 0.2) is 5.11 Å². The molecule has 1 saturated carbocycles. The number of benzene rings is 1. The largest absolute Gasteiger partial charge is 0.465 e. The highest BCUT2D eigenvalue weighted by molar-refractivity contribution is 7.80. The Morgan fingerprint density at radius 3 is 2.56 bits per heavy atom. The summed E-state index contributed by atoms with van der Waals surface area (Å²) in [5.74, 6) is 1.22. The van der Waals surface area contributed by atoms with Crippen LogP contribution in [0.1, 0.15) is 40.9 Å². The number of nitrogens with zero attached hydrogens (tertiary/aromatic N) is 3. The molecule has 1 aliphatic carbocycles. The fourth-order valence-electron chi connectivity index (χ4n) is 4.21. The lowest BCUT2D eigenvalue weighted by Gasteiger charge is -2.30. The van der Waals surface area contributed by atoms with Gasteiger partial charge in [0.1, 0.15) is 10.7 Å². The van der Waals surface area contributed by atoms with Crippen molar-refractivity contribution in [1.82, 2.24) is 15.3 Å². The Bertz CT molecular complexity index is 1190. The van der Waals surface area contributed by atoms with E-state index in [1.165, 1.54) is 18.4 Å². The molecule has 8 nitrogen and oxygen atoms in total. The van der Waals surface area contributed by atoms with Gasteiger partial charge in [0, 0.05) is 31.6 Å². The van der Waals surface area contributed by atoms with Gasteiger partial charge in [-0.2, -0.15) is 4.98 Å². The average Bonchev–Trinajstić information content (AvgIpc) is 3.19. The van der Waals surface area contributed by atoms with Crippen LogP contribution < -0.4 is 20.9 Å². The summed E-state index contributed by atoms with van der Waals surface area (Å²) in [6.07, 6.45) is 3.91. The molecule has 0 aliphatic heterocycles. The number of hydrogen-bond acceptors (Lipinski definition) is 8. The number of anilines is 3. The fourth-order valence-corrected chi connectivity index (χ4v) is 5.40. The monoisotopic (exact) mass is 498 g/mol. The van der Waals surface area contributed by atoms with E-state index < -0.39 is 0 Å². The molecule has 180 valence electrons. The highest BCUT2D eigenvalue weighted by Gasteiger charge is 2.24. The van der Waals surface area contributed by atoms with E-state index in [-0.39, 0.29) is 12.0 Å². The number of aromatic nitrogens is 2. The molecule has 3 N–H and O–H groups in total. The van der Waals surface area contributed by atoms with Gasteiger partial charge in [0.2, 0.25) is 5.95 Å². The van der Waals surface area contributed by atoms with Gasteiger partial charge in [-0.3, -0.25) is 0 Å². The normalized spacial score (nSPS) is 17.8. The first kappa shape index (κ1) is 24.2. The molecule has 4 rings (SSSR count). The Balaban J connectivity index is 1.33. The van der Waals surface area contributed by atoms with Crippen LogP contribution in [0.2, 0.25) is 0 Å². The van der Waals surface area contributed by atoms with Crippen molar-refractivity contribution in [3.05, 3.63) is 40.1 Å². The molecule has 1 fully saturated rings. The maximum Gasteiger partial charge on any atom is 0.350 e. The van der Waals surface area contributed by atoms with Crippen molar-refractivity contribution in [1.29, 1.82) is 0 Å². The number of methoxy groups -OCH3 is 1. The number of esters is 1. The summed E-state index contributed by atoms with van der Waals surface area (Å²) in [6.45, 7) is 1.95. The van der Waals surface area contributed by atoms with Crippen LogP contribution in [0.15, 0.2) is 29.6 Å². The second-order valence-electron chi connectivity index (χ2n) is 8.69. The van der Waals surface area contributed by atoms with Gasteiger partial charge in [0.25, 0.3) is 0 Å². The highest BCUT2D eigenvalue weighted by Crippen LogP contribution is 2.29. The summed E-state index contributed by atoms with van der Waals surface area (Å²) in [6, 6.07) is 8.65. The number of carbonyl (C=O) groups is 1. The summed E-state index contributed by atoms with van der Waals surface area (Å²) in [5.41, 5.74) is 2.62. The second kappa shape index (κ2) is 10.5. The molecule has 0 unspecified atom stereocenters. The molecule has 2 aromatic heterocycles. The highest BCUT2D eigenvalue weighted by atomic mass is 32.1. The number of hydrogen-bond donors (Lipinski definition) is 3. The summed E-state index contributed by atoms with van der Waals surface area (Å²) < 4.78 is 4.87. The molecular weight excluding hydrogens is 468 g/mol. The third-order valence-corrected chi connectivity index (χ3v) is 7.28. The Labute approximate surface area is 209 Å². The van der Waals surface area contributed by atoms with Gasteiger partial charge >= 0.3 is 5.97 Å². The minimum atomic E-state index is -0.358. The number of para-hydroxylation sites is 1. The number of nitrogens with one attached hydrogen (secondary N) is 3. The molecule has 0 spiro atoms. The first-order valence-corrected chi connectivity index (χ1v) is 12.6. The van der Waals surface area contributed by atoms with E-state index in [0.717, 1.165) is 53.7 Å². The maximum atomic E-state index is 12.0. The number of aryl methyl sites for hydroxylation is 1. The van der Waals surface area contributed by atoms with Gasteiger partial charge in [-0.25, -0.2) is 9.78 Å². The van der Waals surface area contributed by atoms with Crippen molar-refractivity contribution in [3.8, 4) is 0 Å². The molecule has 2 heterocycles. The molecule has 1 aliphatic rings. The lowest BCUT2D eigenvalue weighted by molar-refractivity contribution is 0.0607. The zero-order chi connectivity index (χ0) is 24.2. The van der Waals surface area contributed by atoms with Crippen LogP contribution in [0.25, 0.3) is 10.9 Å². The predicted octanol–water partition coefficient (Wildman–Crippen LogP) is 4.56. The maximum absolute atomic E-state index is 12.0. The van der Waals surface area contributed by atoms with Crippen LogP contribution in [0, 0.1) is 6.92 Å². The fraction of sp³-hybridized carbons (Fsp3) is 0.417. The SMILES string of the molecule is COC(=O)c1scc(C)c1NC(=S)NC1CCC(Nc2nc(N(C)C)c3ccccc3n2)CC1. The van der Waals surface area contributed by atoms with Crippen molar-refractivity contribution >= 4 is 63.0 Å². The summed E-state index contributed by atoms with van der Waals surface area (Å²) in [7, 11) is 5.38. The molecule has 0 radical (unpaired) electrons. The van der Waals surface area contributed by atoms with Crippen molar-refractivity contribution in [2.45, 2.75) is 44.7 Å². The molecule has 0 saturated heterocycles. The van der Waals surface area contributed by atoms with Crippen molar-refractivity contribution in [2.24, 2.45) is 0 Å². The van der Waals surface area contributed by atoms with Crippen molar-refractivity contribution in [3.63, 3.8) is 0 Å². The van der Waals surface area contributed by atoms with E-state index in [1.807, 2.05) is 55.6 Å². The Morgan fingerprint density at radius 1 is 1.15 bits per heavy atom. The molecule has 34 heavy (non-hydrogen) atoms. The van der Waals surface area contributed by atoms with E-state index in [9.17, 15) is 4.79 Å². The summed E-state index contributed by atoms with van der Waals surface area (Å²) in [4.78, 5) is 24.0. The quantitative estimate of drug-likeness (QED) is 0.334. The van der Waals surface area contributed by atoms with Gasteiger partial charge in [-0.1, -0.05) is 12.1 Å². The summed E-state index contributed by atoms with van der Waals surface area (Å²) >= 11 is 6.89. The van der Waals surface area contributed by atoms with Crippen LogP contribution in [-0.2, 0) is 4.74 Å². The number of rotatable bonds is 6. The topological polar surface area (TPSA) is 91.4 Å². The third kappa shape index (κ3) is 5.39. The number of carbonyl (C=O) groups excluding carboxylic acids is 1. The zero-order valence-corrected chi connectivity index (χ0v) is 21.5. The van der Waals surface area contributed by atoms with E-state index in [0.29, 0.717) is 22.0 Å². The third-order valence-electron chi connectivity index (χ3n) is 5.99. The van der Waals surface area contributed by atoms with Crippen molar-refractivity contribution < 1.29 is 9.53 Å². The van der Waals surface area contributed by atoms with E-state index >= 15 is 0 Å². The van der Waals surface area contributed by atoms with E-state index in [2.05, 4.69) is 16.0 Å². The lowest BCUT2D eigenvalue weighted by Crippen LogP contribution is -2.42. The standard InChI is InChI=1S/C24H30N6O2S2/c1-14-13-34-20(22(31)32-4)19(14)28-24(33)26-16-11-9-15(10-12-16)25-23-27-18-8-6-5-7-17(18)21(29-23)30(2)3/h5-8,13,15-16H,9-12H2,1-4H3,(H,25,27,29)(H2,26,28,33). The molecule has 0 atom stereocenters. The van der Waals surface area contributed by atoms with Crippen LogP contribution in [0.3, 0.4) is 0 Å². The minimum Gasteiger partial charge on any atom is -0.465 e. The second-order valence-corrected chi connectivity index (χ2v) is 9.98. The zero-order valence-electron chi connectivity index (χ0n) is 19.8. The predicted molar refractivity (Wildman–Crippen MR) is 143 cm³/mol. The van der Waals surface area contributed by atoms with Crippen LogP contribution in [0.5, 0.6) is 0 Å². The molecule has 3 aromatic rings. The smallest absolute Gasteiger partial charge is 0.350 e. The van der Waals surface area contributed by atoms with E-state index in [1.54, 1.807) is 0 Å². The first-order valence-electron chi connectivity index (χ1n) is 11.3. The van der Waals surface area contributed by atoms with Gasteiger partial charge in [-0.15, -0.1) is 11.3 Å². The number of fused-ring (bicyclic) bond motifs is 1. The van der Waals surface area contributed by atoms with Crippen LogP contribution >= 0.6 is 23.6 Å². The molecule has 10 heteroatoms. The number of ether oxygens (including phenoxy) is 1. The first-order chi connectivity index (χ1) is 16.4. The molecule has 1 aromatic carbocycles. The van der Waals surface area contributed by atoms with Crippen LogP contribution in [-0.4, -0.2) is 54.3 Å². The summed E-state index contributed by atoms with van der Waals surface area (Å²) in [5, 5.41) is 13.6. The van der Waals surface area contributed by atoms with E-state index in [4.69, 9.17) is 26.9 Å². The van der Waals surface area contributed by atoms with Crippen LogP contribution in [0.4, 0.5) is 17.5 Å². The van der Waals surface area contributed by atoms with Gasteiger partial charge in [-0.05, 0) is 67.9 Å². The molecule has 0 amide bonds. The average molecular weight is 499 g/mol. The van der Waals surface area contributed by atoms with Gasteiger partial charge in [0.05, 0.1) is 18.3 Å². The Morgan fingerprint density at radius 2 is 1.85 bits per heavy atom. The van der Waals surface area contributed by atoms with Gasteiger partial charge < -0.3 is 25.6 Å². The Hall–Kier alpha value is -2.98. The molecular formula is C24H30N6O2S2. The Kier molecular flexibility index (Phi) is 7.47. The number of thiocarbonyl (C=S) groups is 1. The minimum absolute atomic E-state index is 0.272. The van der Waals surface area contributed by atoms with Crippen molar-refractivity contribution in [2.75, 3.05) is 36.7 Å².